The van der Waals surface area contributed by atoms with Gasteiger partial charge in [0.05, 0.1) is 5.60 Å². The third-order valence-electron chi connectivity index (χ3n) is 4.82. The van der Waals surface area contributed by atoms with E-state index in [2.05, 4.69) is 17.1 Å². The van der Waals surface area contributed by atoms with Gasteiger partial charge in [0.15, 0.2) is 0 Å². The van der Waals surface area contributed by atoms with Crippen LogP contribution in [0.1, 0.15) is 51.4 Å². The van der Waals surface area contributed by atoms with Gasteiger partial charge in [0.1, 0.15) is 0 Å². The maximum Gasteiger partial charge on any atom is 0.0713 e. The second kappa shape index (κ2) is 6.15. The first-order chi connectivity index (χ1) is 8.86. The maximum absolute atomic E-state index is 6.14. The summed E-state index contributed by atoms with van der Waals surface area (Å²) in [5.74, 6) is 3.69. The minimum atomic E-state index is 0.248. The predicted molar refractivity (Wildman–Crippen MR) is 78.2 cm³/mol. The van der Waals surface area contributed by atoms with Crippen molar-refractivity contribution in [2.45, 2.75) is 63.0 Å². The molecule has 1 saturated carbocycles. The monoisotopic (exact) mass is 269 g/mol. The predicted octanol–water partition coefficient (Wildman–Crippen LogP) is 3.21. The van der Waals surface area contributed by atoms with Crippen LogP contribution < -0.4 is 5.32 Å². The molecule has 3 rings (SSSR count). The first kappa shape index (κ1) is 13.3. The van der Waals surface area contributed by atoms with Crippen LogP contribution in [0.2, 0.25) is 0 Å². The molecule has 0 aromatic heterocycles. The molecular weight excluding hydrogens is 242 g/mol. The fourth-order valence-electron chi connectivity index (χ4n) is 3.40. The van der Waals surface area contributed by atoms with E-state index in [1.165, 1.54) is 69.4 Å². The number of thioether (sulfide) groups is 1. The van der Waals surface area contributed by atoms with Gasteiger partial charge in [0.25, 0.3) is 0 Å². The summed E-state index contributed by atoms with van der Waals surface area (Å²) in [7, 11) is 0. The standard InChI is InChI=1S/C15H27NOS/c1(2-13-3-4-13)8-16-14-5-9-17-15(12-14)6-10-18-11-7-15/h13-14,16H,1-12H2. The number of hydrogen-bond donors (Lipinski definition) is 1. The van der Waals surface area contributed by atoms with Crippen molar-refractivity contribution >= 4 is 11.8 Å². The molecule has 2 heterocycles. The molecule has 0 bridgehead atoms. The summed E-state index contributed by atoms with van der Waals surface area (Å²) in [5, 5.41) is 3.79. The van der Waals surface area contributed by atoms with Crippen molar-refractivity contribution in [1.82, 2.24) is 5.32 Å². The van der Waals surface area contributed by atoms with Gasteiger partial charge in [-0.1, -0.05) is 12.8 Å². The molecule has 1 spiro atoms. The molecule has 3 fully saturated rings. The molecule has 2 nitrogen and oxygen atoms in total. The van der Waals surface area contributed by atoms with Crippen LogP contribution in [-0.4, -0.2) is 36.3 Å². The molecule has 18 heavy (non-hydrogen) atoms. The molecular formula is C15H27NOS. The zero-order chi connectivity index (χ0) is 12.3. The molecule has 2 saturated heterocycles. The van der Waals surface area contributed by atoms with Gasteiger partial charge in [0.2, 0.25) is 0 Å². The fraction of sp³-hybridized carbons (Fsp3) is 1.00. The number of ether oxygens (including phenoxy) is 1. The molecule has 3 aliphatic rings. The molecule has 104 valence electrons. The molecule has 1 aliphatic carbocycles. The second-order valence-corrected chi connectivity index (χ2v) is 7.60. The van der Waals surface area contributed by atoms with E-state index in [9.17, 15) is 0 Å². The van der Waals surface area contributed by atoms with Crippen LogP contribution in [0.5, 0.6) is 0 Å². The van der Waals surface area contributed by atoms with E-state index < -0.39 is 0 Å². The molecule has 1 unspecified atom stereocenters. The molecule has 2 aliphatic heterocycles. The molecule has 0 aromatic rings. The van der Waals surface area contributed by atoms with Gasteiger partial charge in [-0.05, 0) is 62.5 Å². The van der Waals surface area contributed by atoms with E-state index in [4.69, 9.17) is 4.74 Å². The number of nitrogens with one attached hydrogen (secondary N) is 1. The Morgan fingerprint density at radius 2 is 2.00 bits per heavy atom. The van der Waals surface area contributed by atoms with Crippen LogP contribution in [0.25, 0.3) is 0 Å². The summed E-state index contributed by atoms with van der Waals surface area (Å²) < 4.78 is 6.14. The second-order valence-electron chi connectivity index (χ2n) is 6.37. The average Bonchev–Trinajstić information content (AvgIpc) is 3.20. The van der Waals surface area contributed by atoms with Gasteiger partial charge in [-0.15, -0.1) is 0 Å². The fourth-order valence-corrected chi connectivity index (χ4v) is 4.63. The Morgan fingerprint density at radius 1 is 1.17 bits per heavy atom. The lowest BCUT2D eigenvalue weighted by molar-refractivity contribution is -0.0930. The zero-order valence-electron chi connectivity index (χ0n) is 11.5. The smallest absolute Gasteiger partial charge is 0.0713 e. The van der Waals surface area contributed by atoms with Gasteiger partial charge < -0.3 is 10.1 Å². The quantitative estimate of drug-likeness (QED) is 0.774. The van der Waals surface area contributed by atoms with Gasteiger partial charge in [-0.2, -0.15) is 11.8 Å². The van der Waals surface area contributed by atoms with Crippen LogP contribution in [0.3, 0.4) is 0 Å². The molecule has 0 amide bonds. The summed E-state index contributed by atoms with van der Waals surface area (Å²) in [6.07, 6.45) is 10.9. The zero-order valence-corrected chi connectivity index (χ0v) is 12.3. The summed E-state index contributed by atoms with van der Waals surface area (Å²) in [6.45, 7) is 2.21. The lowest BCUT2D eigenvalue weighted by atomic mass is 9.85. The van der Waals surface area contributed by atoms with E-state index in [0.717, 1.165) is 18.6 Å². The lowest BCUT2D eigenvalue weighted by Crippen LogP contribution is -2.49. The Labute approximate surface area is 116 Å². The van der Waals surface area contributed by atoms with Crippen molar-refractivity contribution in [3.8, 4) is 0 Å². The highest BCUT2D eigenvalue weighted by molar-refractivity contribution is 7.99. The van der Waals surface area contributed by atoms with E-state index in [-0.39, 0.29) is 5.60 Å². The summed E-state index contributed by atoms with van der Waals surface area (Å²) in [5.41, 5.74) is 0.248. The summed E-state index contributed by atoms with van der Waals surface area (Å²) >= 11 is 2.09. The Balaban J connectivity index is 1.38. The third-order valence-corrected chi connectivity index (χ3v) is 5.80. The van der Waals surface area contributed by atoms with Crippen molar-refractivity contribution in [3.05, 3.63) is 0 Å². The normalized spacial score (nSPS) is 31.7. The Bertz CT molecular complexity index is 256. The maximum atomic E-state index is 6.14. The van der Waals surface area contributed by atoms with Crippen LogP contribution in [-0.2, 0) is 4.74 Å². The van der Waals surface area contributed by atoms with Gasteiger partial charge in [0, 0.05) is 12.6 Å². The Morgan fingerprint density at radius 3 is 2.78 bits per heavy atom. The third kappa shape index (κ3) is 3.64. The first-order valence-electron chi connectivity index (χ1n) is 7.81. The highest BCUT2D eigenvalue weighted by atomic mass is 32.2. The van der Waals surface area contributed by atoms with Crippen LogP contribution in [0.15, 0.2) is 0 Å². The van der Waals surface area contributed by atoms with Crippen LogP contribution >= 0.6 is 11.8 Å². The highest BCUT2D eigenvalue weighted by Crippen LogP contribution is 2.37. The SMILES string of the molecule is C(CNC1CCOC2(CCSCC2)C1)CC1CC1. The van der Waals surface area contributed by atoms with Gasteiger partial charge in [-0.3, -0.25) is 0 Å². The van der Waals surface area contributed by atoms with E-state index in [1.54, 1.807) is 0 Å². The molecule has 1 atom stereocenters. The van der Waals surface area contributed by atoms with E-state index in [0.29, 0.717) is 0 Å². The molecule has 1 N–H and O–H groups in total. The van der Waals surface area contributed by atoms with Crippen molar-refractivity contribution in [2.24, 2.45) is 5.92 Å². The largest absolute Gasteiger partial charge is 0.375 e. The first-order valence-corrected chi connectivity index (χ1v) is 8.97. The van der Waals surface area contributed by atoms with Crippen LogP contribution in [0.4, 0.5) is 0 Å². The lowest BCUT2D eigenvalue weighted by Gasteiger charge is -2.43. The van der Waals surface area contributed by atoms with Crippen molar-refractivity contribution < 1.29 is 4.74 Å². The average molecular weight is 269 g/mol. The minimum Gasteiger partial charge on any atom is -0.375 e. The number of hydrogen-bond acceptors (Lipinski definition) is 3. The number of rotatable bonds is 5. The van der Waals surface area contributed by atoms with Crippen molar-refractivity contribution in [1.29, 1.82) is 0 Å². The Kier molecular flexibility index (Phi) is 4.53. The van der Waals surface area contributed by atoms with Gasteiger partial charge in [-0.25, -0.2) is 0 Å². The van der Waals surface area contributed by atoms with Crippen molar-refractivity contribution in [2.75, 3.05) is 24.7 Å². The molecule has 0 aromatic carbocycles. The van der Waals surface area contributed by atoms with E-state index in [1.807, 2.05) is 0 Å². The summed E-state index contributed by atoms with van der Waals surface area (Å²) in [4.78, 5) is 0. The highest BCUT2D eigenvalue weighted by Gasteiger charge is 2.38. The minimum absolute atomic E-state index is 0.248. The van der Waals surface area contributed by atoms with Gasteiger partial charge >= 0.3 is 0 Å². The Hall–Kier alpha value is 0.270. The summed E-state index contributed by atoms with van der Waals surface area (Å²) in [6, 6.07) is 0.723. The molecule has 0 radical (unpaired) electrons. The topological polar surface area (TPSA) is 21.3 Å². The van der Waals surface area contributed by atoms with Crippen molar-refractivity contribution in [3.63, 3.8) is 0 Å². The molecule has 3 heteroatoms. The van der Waals surface area contributed by atoms with E-state index >= 15 is 0 Å². The van der Waals surface area contributed by atoms with Crippen LogP contribution in [0, 0.1) is 5.92 Å².